The first-order valence-corrected chi connectivity index (χ1v) is 10.6. The van der Waals surface area contributed by atoms with Crippen LogP contribution in [0.4, 0.5) is 14.5 Å². The fourth-order valence-electron chi connectivity index (χ4n) is 3.36. The molecular formula is C23H17F2NO3S. The van der Waals surface area contributed by atoms with Crippen molar-refractivity contribution in [3.8, 4) is 5.75 Å². The molecule has 0 N–H and O–H groups in total. The van der Waals surface area contributed by atoms with Gasteiger partial charge in [-0.15, -0.1) is 0 Å². The summed E-state index contributed by atoms with van der Waals surface area (Å²) in [7, 11) is -2.58. The Bertz CT molecular complexity index is 1280. The largest absolute Gasteiger partial charge is 0.497 e. The van der Waals surface area contributed by atoms with Crippen LogP contribution >= 0.6 is 0 Å². The van der Waals surface area contributed by atoms with Gasteiger partial charge in [-0.25, -0.2) is 17.2 Å². The second-order valence-corrected chi connectivity index (χ2v) is 8.63. The molecule has 0 radical (unpaired) electrons. The SMILES string of the molecule is COc1ccc(C2=C(S(=O)(=O)c3cccc(F)c3)C=Nc3c(F)cccc3C2)cc1. The third kappa shape index (κ3) is 3.64. The molecule has 0 fully saturated rings. The van der Waals surface area contributed by atoms with E-state index in [1.165, 1.54) is 31.4 Å². The van der Waals surface area contributed by atoms with Crippen molar-refractivity contribution in [1.29, 1.82) is 0 Å². The maximum Gasteiger partial charge on any atom is 0.208 e. The Labute approximate surface area is 173 Å². The van der Waals surface area contributed by atoms with Crippen LogP contribution in [0.15, 0.2) is 81.5 Å². The van der Waals surface area contributed by atoms with Gasteiger partial charge in [-0.1, -0.05) is 30.3 Å². The highest BCUT2D eigenvalue weighted by Gasteiger charge is 2.27. The number of sulfone groups is 1. The van der Waals surface area contributed by atoms with Gasteiger partial charge < -0.3 is 4.74 Å². The first-order valence-electron chi connectivity index (χ1n) is 9.10. The highest BCUT2D eigenvalue weighted by Crippen LogP contribution is 2.36. The fraction of sp³-hybridized carbons (Fsp3) is 0.0870. The second-order valence-electron chi connectivity index (χ2n) is 6.71. The highest BCUT2D eigenvalue weighted by molar-refractivity contribution is 7.96. The van der Waals surface area contributed by atoms with Crippen molar-refractivity contribution >= 4 is 27.3 Å². The maximum absolute atomic E-state index is 14.3. The lowest BCUT2D eigenvalue weighted by Gasteiger charge is -2.13. The molecule has 7 heteroatoms. The van der Waals surface area contributed by atoms with E-state index < -0.39 is 21.5 Å². The first kappa shape index (κ1) is 20.0. The summed E-state index contributed by atoms with van der Waals surface area (Å²) in [6, 6.07) is 16.2. The van der Waals surface area contributed by atoms with Crippen molar-refractivity contribution in [3.63, 3.8) is 0 Å². The number of hydrogen-bond donors (Lipinski definition) is 0. The van der Waals surface area contributed by atoms with Crippen molar-refractivity contribution in [2.75, 3.05) is 7.11 Å². The van der Waals surface area contributed by atoms with E-state index in [-0.39, 0.29) is 21.9 Å². The van der Waals surface area contributed by atoms with Crippen LogP contribution in [0, 0.1) is 11.6 Å². The molecule has 0 bridgehead atoms. The zero-order chi connectivity index (χ0) is 21.3. The minimum atomic E-state index is -4.11. The number of aliphatic imine (C=N–C) groups is 1. The topological polar surface area (TPSA) is 55.7 Å². The molecule has 0 aromatic heterocycles. The molecule has 0 atom stereocenters. The Morgan fingerprint density at radius 2 is 1.70 bits per heavy atom. The molecule has 0 aliphatic carbocycles. The Kier molecular flexibility index (Phi) is 5.22. The third-order valence-corrected chi connectivity index (χ3v) is 6.69. The lowest BCUT2D eigenvalue weighted by molar-refractivity contribution is 0.415. The molecule has 4 rings (SSSR count). The molecule has 0 amide bonds. The van der Waals surface area contributed by atoms with E-state index in [9.17, 15) is 17.2 Å². The lowest BCUT2D eigenvalue weighted by atomic mass is 9.97. The minimum Gasteiger partial charge on any atom is -0.497 e. The Balaban J connectivity index is 1.96. The van der Waals surface area contributed by atoms with Gasteiger partial charge >= 0.3 is 0 Å². The van der Waals surface area contributed by atoms with Gasteiger partial charge in [0.1, 0.15) is 23.1 Å². The summed E-state index contributed by atoms with van der Waals surface area (Å²) in [4.78, 5) is 3.84. The van der Waals surface area contributed by atoms with E-state index in [1.807, 2.05) is 0 Å². The number of allylic oxidation sites excluding steroid dienone is 2. The van der Waals surface area contributed by atoms with Gasteiger partial charge in [-0.2, -0.15) is 0 Å². The van der Waals surface area contributed by atoms with E-state index in [1.54, 1.807) is 36.4 Å². The number of fused-ring (bicyclic) bond motifs is 1. The van der Waals surface area contributed by atoms with Crippen molar-refractivity contribution in [1.82, 2.24) is 0 Å². The fourth-order valence-corrected chi connectivity index (χ4v) is 4.84. The van der Waals surface area contributed by atoms with Crippen molar-refractivity contribution < 1.29 is 21.9 Å². The molecule has 0 unspecified atom stereocenters. The van der Waals surface area contributed by atoms with Gasteiger partial charge in [0.25, 0.3) is 0 Å². The van der Waals surface area contributed by atoms with Crippen LogP contribution in [0.3, 0.4) is 0 Å². The van der Waals surface area contributed by atoms with Gasteiger partial charge in [0.2, 0.25) is 9.84 Å². The van der Waals surface area contributed by atoms with Crippen molar-refractivity contribution in [2.45, 2.75) is 11.3 Å². The Morgan fingerprint density at radius 1 is 0.967 bits per heavy atom. The second kappa shape index (κ2) is 7.84. The van der Waals surface area contributed by atoms with Crippen LogP contribution in [0.25, 0.3) is 5.57 Å². The average Bonchev–Trinajstić information content (AvgIpc) is 2.95. The summed E-state index contributed by atoms with van der Waals surface area (Å²) in [6.45, 7) is 0. The van der Waals surface area contributed by atoms with Crippen LogP contribution < -0.4 is 4.74 Å². The van der Waals surface area contributed by atoms with Gasteiger partial charge in [-0.3, -0.25) is 4.99 Å². The molecule has 1 heterocycles. The van der Waals surface area contributed by atoms with Crippen molar-refractivity contribution in [2.24, 2.45) is 4.99 Å². The number of rotatable bonds is 4. The molecule has 0 saturated heterocycles. The number of hydrogen-bond acceptors (Lipinski definition) is 4. The van der Waals surface area contributed by atoms with Crippen LogP contribution in [0.2, 0.25) is 0 Å². The van der Waals surface area contributed by atoms with E-state index >= 15 is 0 Å². The van der Waals surface area contributed by atoms with Crippen LogP contribution in [0.1, 0.15) is 11.1 Å². The van der Waals surface area contributed by atoms with Gasteiger partial charge in [-0.05, 0) is 53.1 Å². The van der Waals surface area contributed by atoms with Gasteiger partial charge in [0.05, 0.1) is 16.9 Å². The molecule has 30 heavy (non-hydrogen) atoms. The molecule has 3 aromatic rings. The Morgan fingerprint density at radius 3 is 2.40 bits per heavy atom. The number of methoxy groups -OCH3 is 1. The van der Waals surface area contributed by atoms with E-state index in [0.29, 0.717) is 22.4 Å². The van der Waals surface area contributed by atoms with Crippen LogP contribution in [0.5, 0.6) is 5.75 Å². The monoisotopic (exact) mass is 425 g/mol. The third-order valence-electron chi connectivity index (χ3n) is 4.88. The lowest BCUT2D eigenvalue weighted by Crippen LogP contribution is -2.10. The maximum atomic E-state index is 14.3. The summed E-state index contributed by atoms with van der Waals surface area (Å²) in [5.74, 6) is -0.590. The van der Waals surface area contributed by atoms with Gasteiger partial charge in [0.15, 0.2) is 0 Å². The average molecular weight is 425 g/mol. The molecule has 1 aliphatic rings. The Hall–Kier alpha value is -3.32. The molecule has 152 valence electrons. The molecule has 3 aromatic carbocycles. The van der Waals surface area contributed by atoms with Gasteiger partial charge in [0, 0.05) is 12.6 Å². The minimum absolute atomic E-state index is 0.0907. The number of para-hydroxylation sites is 1. The standard InChI is InChI=1S/C23H17F2NO3S/c1-29-18-10-8-15(9-11-18)20-12-16-4-2-7-21(25)23(16)26-14-22(20)30(27,28)19-6-3-5-17(24)13-19/h2-11,13-14H,12H2,1H3. The summed E-state index contributed by atoms with van der Waals surface area (Å²) < 4.78 is 60.1. The zero-order valence-electron chi connectivity index (χ0n) is 16.0. The first-order chi connectivity index (χ1) is 14.4. The van der Waals surface area contributed by atoms with Crippen molar-refractivity contribution in [3.05, 3.63) is 94.4 Å². The number of nitrogens with zero attached hydrogens (tertiary/aromatic N) is 1. The molecule has 0 spiro atoms. The summed E-state index contributed by atoms with van der Waals surface area (Å²) in [5.41, 5.74) is 1.71. The summed E-state index contributed by atoms with van der Waals surface area (Å²) in [6.07, 6.45) is 1.29. The van der Waals surface area contributed by atoms with E-state index in [0.717, 1.165) is 12.3 Å². The molecule has 4 nitrogen and oxygen atoms in total. The van der Waals surface area contributed by atoms with Crippen LogP contribution in [-0.4, -0.2) is 21.7 Å². The van der Waals surface area contributed by atoms with E-state index in [4.69, 9.17) is 4.74 Å². The zero-order valence-corrected chi connectivity index (χ0v) is 16.8. The molecule has 1 aliphatic heterocycles. The summed E-state index contributed by atoms with van der Waals surface area (Å²) in [5, 5.41) is 0. The molecule has 0 saturated carbocycles. The highest BCUT2D eigenvalue weighted by atomic mass is 32.2. The molecular weight excluding hydrogens is 408 g/mol. The van der Waals surface area contributed by atoms with E-state index in [2.05, 4.69) is 4.99 Å². The number of halogens is 2. The smallest absolute Gasteiger partial charge is 0.208 e. The summed E-state index contributed by atoms with van der Waals surface area (Å²) >= 11 is 0. The predicted molar refractivity (Wildman–Crippen MR) is 112 cm³/mol. The predicted octanol–water partition coefficient (Wildman–Crippen LogP) is 5.12. The number of ether oxygens (including phenoxy) is 1. The number of benzene rings is 3. The van der Waals surface area contributed by atoms with Crippen LogP contribution in [-0.2, 0) is 16.3 Å². The normalized spacial score (nSPS) is 13.7. The quantitative estimate of drug-likeness (QED) is 0.583.